The van der Waals surface area contributed by atoms with Crippen molar-refractivity contribution in [3.8, 4) is 11.1 Å². The minimum absolute atomic E-state index is 0.290. The molecule has 28 heavy (non-hydrogen) atoms. The molecule has 3 heteroatoms. The van der Waals surface area contributed by atoms with Crippen molar-refractivity contribution in [3.63, 3.8) is 0 Å². The van der Waals surface area contributed by atoms with Crippen LogP contribution in [0, 0.1) is 12.8 Å². The maximum atomic E-state index is 12.3. The standard InChI is InChI=1S/C25H31NO2/c1-19-9-7-8-12-22(19)24-17-21(13-14-23(24)25(27)28-3)18-26(2)16-15-20-10-5-4-6-11-20/h5,7-10,12-14,17,20H,4,6,11,15-16,18H2,1-3H3. The fourth-order valence-electron chi connectivity index (χ4n) is 3.98. The van der Waals surface area contributed by atoms with Gasteiger partial charge in [0.15, 0.2) is 0 Å². The van der Waals surface area contributed by atoms with Crippen molar-refractivity contribution >= 4 is 5.97 Å². The normalized spacial score (nSPS) is 16.4. The van der Waals surface area contributed by atoms with Crippen LogP contribution in [0.15, 0.2) is 54.6 Å². The summed E-state index contributed by atoms with van der Waals surface area (Å²) in [5.74, 6) is 0.433. The van der Waals surface area contributed by atoms with E-state index in [-0.39, 0.29) is 5.97 Å². The lowest BCUT2D eigenvalue weighted by Gasteiger charge is -2.22. The zero-order valence-electron chi connectivity index (χ0n) is 17.3. The molecule has 0 aromatic heterocycles. The Bertz CT molecular complexity index is 840. The van der Waals surface area contributed by atoms with Gasteiger partial charge in [-0.25, -0.2) is 4.79 Å². The second-order valence-electron chi connectivity index (χ2n) is 7.83. The summed E-state index contributed by atoms with van der Waals surface area (Å²) in [4.78, 5) is 14.7. The van der Waals surface area contributed by atoms with Crippen LogP contribution >= 0.6 is 0 Å². The third kappa shape index (κ3) is 5.11. The highest BCUT2D eigenvalue weighted by Gasteiger charge is 2.16. The number of carbonyl (C=O) groups excluding carboxylic acids is 1. The van der Waals surface area contributed by atoms with Crippen LogP contribution in [0.4, 0.5) is 0 Å². The minimum Gasteiger partial charge on any atom is -0.465 e. The molecule has 3 nitrogen and oxygen atoms in total. The van der Waals surface area contributed by atoms with Gasteiger partial charge in [-0.15, -0.1) is 0 Å². The molecule has 2 aromatic carbocycles. The lowest BCUT2D eigenvalue weighted by atomic mass is 9.92. The number of methoxy groups -OCH3 is 1. The van der Waals surface area contributed by atoms with Crippen LogP contribution in [0.3, 0.4) is 0 Å². The van der Waals surface area contributed by atoms with Crippen molar-refractivity contribution in [2.45, 2.75) is 39.2 Å². The van der Waals surface area contributed by atoms with Crippen molar-refractivity contribution in [2.75, 3.05) is 20.7 Å². The molecule has 148 valence electrons. The van der Waals surface area contributed by atoms with Crippen LogP contribution in [0.2, 0.25) is 0 Å². The first-order valence-corrected chi connectivity index (χ1v) is 10.2. The summed E-state index contributed by atoms with van der Waals surface area (Å²) < 4.78 is 5.01. The molecule has 0 saturated carbocycles. The van der Waals surface area contributed by atoms with Crippen LogP contribution in [0.5, 0.6) is 0 Å². The highest BCUT2D eigenvalue weighted by Crippen LogP contribution is 2.29. The smallest absolute Gasteiger partial charge is 0.338 e. The largest absolute Gasteiger partial charge is 0.465 e. The lowest BCUT2D eigenvalue weighted by molar-refractivity contribution is 0.0601. The van der Waals surface area contributed by atoms with E-state index in [1.165, 1.54) is 38.4 Å². The zero-order valence-corrected chi connectivity index (χ0v) is 17.3. The molecule has 0 saturated heterocycles. The Hall–Kier alpha value is -2.39. The monoisotopic (exact) mass is 377 g/mol. The Morgan fingerprint density at radius 2 is 2.00 bits per heavy atom. The van der Waals surface area contributed by atoms with Gasteiger partial charge in [-0.05, 0) is 86.5 Å². The number of hydrogen-bond donors (Lipinski definition) is 0. The number of esters is 1. The van der Waals surface area contributed by atoms with Crippen molar-refractivity contribution < 1.29 is 9.53 Å². The SMILES string of the molecule is COC(=O)c1ccc(CN(C)CCC2C=CCCC2)cc1-c1ccccc1C. The number of hydrogen-bond acceptors (Lipinski definition) is 3. The first kappa shape index (κ1) is 20.3. The second kappa shape index (κ2) is 9.70. The van der Waals surface area contributed by atoms with E-state index >= 15 is 0 Å². The van der Waals surface area contributed by atoms with E-state index < -0.39 is 0 Å². The predicted molar refractivity (Wildman–Crippen MR) is 115 cm³/mol. The quantitative estimate of drug-likeness (QED) is 0.463. The van der Waals surface area contributed by atoms with Crippen LogP contribution in [-0.4, -0.2) is 31.6 Å². The van der Waals surface area contributed by atoms with Gasteiger partial charge in [0.25, 0.3) is 0 Å². The lowest BCUT2D eigenvalue weighted by Crippen LogP contribution is -2.21. The third-order valence-corrected chi connectivity index (χ3v) is 5.61. The summed E-state index contributed by atoms with van der Waals surface area (Å²) in [7, 11) is 3.61. The van der Waals surface area contributed by atoms with Gasteiger partial charge in [0.1, 0.15) is 0 Å². The molecule has 1 aliphatic carbocycles. The molecular formula is C25H31NO2. The van der Waals surface area contributed by atoms with E-state index in [2.05, 4.69) is 49.2 Å². The van der Waals surface area contributed by atoms with Crippen LogP contribution in [0.1, 0.15) is 47.2 Å². The van der Waals surface area contributed by atoms with Crippen LogP contribution in [-0.2, 0) is 11.3 Å². The summed E-state index contributed by atoms with van der Waals surface area (Å²) >= 11 is 0. The van der Waals surface area contributed by atoms with Crippen molar-refractivity contribution in [1.29, 1.82) is 0 Å². The minimum atomic E-state index is -0.290. The predicted octanol–water partition coefficient (Wildman–Crippen LogP) is 5.63. The van der Waals surface area contributed by atoms with Gasteiger partial charge >= 0.3 is 5.97 Å². The fraction of sp³-hybridized carbons (Fsp3) is 0.400. The van der Waals surface area contributed by atoms with Crippen LogP contribution in [0.25, 0.3) is 11.1 Å². The summed E-state index contributed by atoms with van der Waals surface area (Å²) in [6, 6.07) is 14.3. The number of nitrogens with zero attached hydrogens (tertiary/aromatic N) is 1. The number of benzene rings is 2. The van der Waals surface area contributed by atoms with Gasteiger partial charge in [0.2, 0.25) is 0 Å². The molecule has 0 N–H and O–H groups in total. The maximum absolute atomic E-state index is 12.3. The van der Waals surface area contributed by atoms with Gasteiger partial charge in [0.05, 0.1) is 12.7 Å². The van der Waals surface area contributed by atoms with E-state index in [0.29, 0.717) is 5.56 Å². The molecule has 1 aliphatic rings. The fourth-order valence-corrected chi connectivity index (χ4v) is 3.98. The zero-order chi connectivity index (χ0) is 19.9. The number of ether oxygens (including phenoxy) is 1. The Balaban J connectivity index is 1.77. The number of allylic oxidation sites excluding steroid dienone is 2. The van der Waals surface area contributed by atoms with Gasteiger partial charge in [-0.3, -0.25) is 0 Å². The molecule has 0 heterocycles. The maximum Gasteiger partial charge on any atom is 0.338 e. The van der Waals surface area contributed by atoms with Gasteiger partial charge in [0, 0.05) is 6.54 Å². The van der Waals surface area contributed by atoms with E-state index in [4.69, 9.17) is 4.74 Å². The van der Waals surface area contributed by atoms with Crippen molar-refractivity contribution in [2.24, 2.45) is 5.92 Å². The average molecular weight is 378 g/mol. The molecule has 0 bridgehead atoms. The first-order chi connectivity index (χ1) is 13.6. The van der Waals surface area contributed by atoms with Gasteiger partial charge < -0.3 is 9.64 Å². The summed E-state index contributed by atoms with van der Waals surface area (Å²) in [6.45, 7) is 4.02. The number of aryl methyl sites for hydroxylation is 1. The van der Waals surface area contributed by atoms with Crippen molar-refractivity contribution in [3.05, 3.63) is 71.3 Å². The van der Waals surface area contributed by atoms with Crippen LogP contribution < -0.4 is 0 Å². The molecule has 0 aliphatic heterocycles. The van der Waals surface area contributed by atoms with E-state index in [9.17, 15) is 4.79 Å². The van der Waals surface area contributed by atoms with Gasteiger partial charge in [-0.2, -0.15) is 0 Å². The molecule has 0 spiro atoms. The van der Waals surface area contributed by atoms with Crippen molar-refractivity contribution in [1.82, 2.24) is 4.90 Å². The molecule has 1 atom stereocenters. The topological polar surface area (TPSA) is 29.5 Å². The second-order valence-corrected chi connectivity index (χ2v) is 7.83. The summed E-state index contributed by atoms with van der Waals surface area (Å²) in [5.41, 5.74) is 5.02. The Morgan fingerprint density at radius 1 is 1.18 bits per heavy atom. The number of carbonyl (C=O) groups is 1. The Morgan fingerprint density at radius 3 is 2.71 bits per heavy atom. The molecule has 2 aromatic rings. The highest BCUT2D eigenvalue weighted by molar-refractivity contribution is 5.97. The first-order valence-electron chi connectivity index (χ1n) is 10.2. The molecular weight excluding hydrogens is 346 g/mol. The Labute approximate surface area is 169 Å². The van der Waals surface area contributed by atoms with E-state index in [1.54, 1.807) is 0 Å². The van der Waals surface area contributed by atoms with E-state index in [1.807, 2.05) is 24.3 Å². The van der Waals surface area contributed by atoms with Gasteiger partial charge in [-0.1, -0.05) is 42.5 Å². The molecule has 1 unspecified atom stereocenters. The molecule has 0 amide bonds. The molecule has 3 rings (SSSR count). The molecule has 0 fully saturated rings. The van der Waals surface area contributed by atoms with E-state index in [0.717, 1.165) is 35.7 Å². The average Bonchev–Trinajstić information content (AvgIpc) is 2.73. The number of rotatable bonds is 7. The summed E-state index contributed by atoms with van der Waals surface area (Å²) in [6.07, 6.45) is 9.79. The highest BCUT2D eigenvalue weighted by atomic mass is 16.5. The Kier molecular flexibility index (Phi) is 7.05. The molecule has 0 radical (unpaired) electrons. The third-order valence-electron chi connectivity index (χ3n) is 5.61. The summed E-state index contributed by atoms with van der Waals surface area (Å²) in [5, 5.41) is 0.